The van der Waals surface area contributed by atoms with Crippen molar-refractivity contribution in [1.82, 2.24) is 0 Å². The molecule has 20 heavy (non-hydrogen) atoms. The molecule has 2 aromatic rings. The van der Waals surface area contributed by atoms with Crippen molar-refractivity contribution >= 4 is 29.1 Å². The molecule has 0 atom stereocenters. The lowest BCUT2D eigenvalue weighted by atomic mass is 10.1. The van der Waals surface area contributed by atoms with Crippen molar-refractivity contribution in [2.24, 2.45) is 0 Å². The molecule has 0 radical (unpaired) electrons. The third kappa shape index (κ3) is 1.82. The Labute approximate surface area is 121 Å². The minimum atomic E-state index is -0.323. The second-order valence-electron chi connectivity index (χ2n) is 4.95. The molecule has 0 bridgehead atoms. The Morgan fingerprint density at radius 1 is 0.850 bits per heavy atom. The summed E-state index contributed by atoms with van der Waals surface area (Å²) in [6, 6.07) is 10.5. The molecule has 0 aliphatic carbocycles. The number of aryl methyl sites for hydroxylation is 2. The number of imide groups is 1. The largest absolute Gasteiger partial charge is 0.268 e. The minimum Gasteiger partial charge on any atom is -0.268 e. The van der Waals surface area contributed by atoms with Gasteiger partial charge in [0.25, 0.3) is 11.8 Å². The van der Waals surface area contributed by atoms with E-state index in [0.29, 0.717) is 21.8 Å². The standard InChI is InChI=1S/C16H12ClNO2/c1-9-3-5-11-12(7-9)16(20)18(15(11)19)14-6-4-10(2)8-13(14)17/h3-8H,1-2H3. The molecule has 100 valence electrons. The van der Waals surface area contributed by atoms with Crippen molar-refractivity contribution < 1.29 is 9.59 Å². The van der Waals surface area contributed by atoms with Gasteiger partial charge >= 0.3 is 0 Å². The lowest BCUT2D eigenvalue weighted by Crippen LogP contribution is -2.29. The zero-order valence-electron chi connectivity index (χ0n) is 11.1. The number of halogens is 1. The quantitative estimate of drug-likeness (QED) is 0.748. The molecule has 0 saturated heterocycles. The molecular formula is C16H12ClNO2. The molecule has 2 aromatic carbocycles. The summed E-state index contributed by atoms with van der Waals surface area (Å²) in [6.45, 7) is 3.79. The van der Waals surface area contributed by atoms with E-state index in [1.165, 1.54) is 0 Å². The van der Waals surface area contributed by atoms with Gasteiger partial charge in [0.15, 0.2) is 0 Å². The summed E-state index contributed by atoms with van der Waals surface area (Å²) in [4.78, 5) is 26.0. The fourth-order valence-corrected chi connectivity index (χ4v) is 2.69. The predicted octanol–water partition coefficient (Wildman–Crippen LogP) is 3.76. The maximum atomic E-state index is 12.4. The number of carbonyl (C=O) groups excluding carboxylic acids is 2. The van der Waals surface area contributed by atoms with E-state index in [1.807, 2.05) is 26.0 Å². The molecule has 0 fully saturated rings. The number of anilines is 1. The number of nitrogens with zero attached hydrogens (tertiary/aromatic N) is 1. The molecule has 0 saturated carbocycles. The van der Waals surface area contributed by atoms with Crippen LogP contribution < -0.4 is 4.90 Å². The lowest BCUT2D eigenvalue weighted by molar-refractivity contribution is 0.0926. The average Bonchev–Trinajstić information content (AvgIpc) is 2.63. The van der Waals surface area contributed by atoms with Crippen molar-refractivity contribution in [3.8, 4) is 0 Å². The lowest BCUT2D eigenvalue weighted by Gasteiger charge is -2.15. The van der Waals surface area contributed by atoms with Crippen LogP contribution in [0.25, 0.3) is 0 Å². The van der Waals surface area contributed by atoms with Gasteiger partial charge in [0, 0.05) is 0 Å². The Hall–Kier alpha value is -2.13. The van der Waals surface area contributed by atoms with Gasteiger partial charge in [0.2, 0.25) is 0 Å². The highest BCUT2D eigenvalue weighted by Gasteiger charge is 2.37. The summed E-state index contributed by atoms with van der Waals surface area (Å²) in [6.07, 6.45) is 0. The molecule has 1 aliphatic rings. The molecule has 0 spiro atoms. The van der Waals surface area contributed by atoms with Crippen LogP contribution in [0, 0.1) is 13.8 Å². The SMILES string of the molecule is Cc1ccc(N2C(=O)c3ccc(C)cc3C2=O)c(Cl)c1. The van der Waals surface area contributed by atoms with Crippen LogP contribution in [-0.4, -0.2) is 11.8 Å². The van der Waals surface area contributed by atoms with Gasteiger partial charge in [0.05, 0.1) is 21.8 Å². The van der Waals surface area contributed by atoms with Gasteiger partial charge in [-0.25, -0.2) is 4.90 Å². The third-order valence-electron chi connectivity index (χ3n) is 3.39. The zero-order chi connectivity index (χ0) is 14.4. The van der Waals surface area contributed by atoms with Crippen LogP contribution in [-0.2, 0) is 0 Å². The molecule has 0 unspecified atom stereocenters. The molecular weight excluding hydrogens is 274 g/mol. The summed E-state index contributed by atoms with van der Waals surface area (Å²) < 4.78 is 0. The van der Waals surface area contributed by atoms with Crippen LogP contribution in [0.1, 0.15) is 31.8 Å². The first-order valence-electron chi connectivity index (χ1n) is 6.24. The number of fused-ring (bicyclic) bond motifs is 1. The number of amides is 2. The normalized spacial score (nSPS) is 13.8. The molecule has 1 aliphatic heterocycles. The van der Waals surface area contributed by atoms with E-state index >= 15 is 0 Å². The molecule has 2 amide bonds. The van der Waals surface area contributed by atoms with Gasteiger partial charge in [-0.1, -0.05) is 29.3 Å². The van der Waals surface area contributed by atoms with Crippen molar-refractivity contribution in [2.75, 3.05) is 4.90 Å². The second kappa shape index (κ2) is 4.46. The number of rotatable bonds is 1. The van der Waals surface area contributed by atoms with Gasteiger partial charge in [-0.2, -0.15) is 0 Å². The highest BCUT2D eigenvalue weighted by atomic mass is 35.5. The second-order valence-corrected chi connectivity index (χ2v) is 5.36. The van der Waals surface area contributed by atoms with Crippen LogP contribution in [0.4, 0.5) is 5.69 Å². The van der Waals surface area contributed by atoms with Gasteiger partial charge < -0.3 is 0 Å². The fourth-order valence-electron chi connectivity index (χ4n) is 2.37. The molecule has 1 heterocycles. The fraction of sp³-hybridized carbons (Fsp3) is 0.125. The zero-order valence-corrected chi connectivity index (χ0v) is 11.9. The van der Waals surface area contributed by atoms with Gasteiger partial charge in [-0.3, -0.25) is 9.59 Å². The Morgan fingerprint density at radius 3 is 2.15 bits per heavy atom. The van der Waals surface area contributed by atoms with Crippen molar-refractivity contribution in [1.29, 1.82) is 0 Å². The highest BCUT2D eigenvalue weighted by Crippen LogP contribution is 2.34. The Balaban J connectivity index is 2.14. The van der Waals surface area contributed by atoms with Crippen molar-refractivity contribution in [3.63, 3.8) is 0 Å². The van der Waals surface area contributed by atoms with E-state index < -0.39 is 0 Å². The smallest absolute Gasteiger partial charge is 0.266 e. The first-order valence-corrected chi connectivity index (χ1v) is 6.62. The highest BCUT2D eigenvalue weighted by molar-refractivity contribution is 6.39. The maximum Gasteiger partial charge on any atom is 0.266 e. The van der Waals surface area contributed by atoms with E-state index in [9.17, 15) is 9.59 Å². The summed E-state index contributed by atoms with van der Waals surface area (Å²) in [5.41, 5.74) is 3.22. The minimum absolute atomic E-state index is 0.320. The first-order chi connectivity index (χ1) is 9.49. The van der Waals surface area contributed by atoms with E-state index in [2.05, 4.69) is 0 Å². The Bertz CT molecular complexity index is 752. The van der Waals surface area contributed by atoms with Crippen LogP contribution >= 0.6 is 11.6 Å². The Morgan fingerprint density at radius 2 is 1.45 bits per heavy atom. The molecule has 0 N–H and O–H groups in total. The predicted molar refractivity (Wildman–Crippen MR) is 78.5 cm³/mol. The van der Waals surface area contributed by atoms with Crippen molar-refractivity contribution in [2.45, 2.75) is 13.8 Å². The van der Waals surface area contributed by atoms with Crippen molar-refractivity contribution in [3.05, 3.63) is 63.7 Å². The molecule has 4 heteroatoms. The summed E-state index contributed by atoms with van der Waals surface area (Å²) in [7, 11) is 0. The average molecular weight is 286 g/mol. The molecule has 3 rings (SSSR count). The summed E-state index contributed by atoms with van der Waals surface area (Å²) in [5.74, 6) is -0.643. The van der Waals surface area contributed by atoms with Crippen LogP contribution in [0.5, 0.6) is 0 Å². The van der Waals surface area contributed by atoms with Crippen LogP contribution in [0.3, 0.4) is 0 Å². The number of carbonyl (C=O) groups is 2. The third-order valence-corrected chi connectivity index (χ3v) is 3.69. The molecule has 3 nitrogen and oxygen atoms in total. The van der Waals surface area contributed by atoms with Crippen LogP contribution in [0.15, 0.2) is 36.4 Å². The molecule has 0 aromatic heterocycles. The topological polar surface area (TPSA) is 37.4 Å². The monoisotopic (exact) mass is 285 g/mol. The number of benzene rings is 2. The number of hydrogen-bond donors (Lipinski definition) is 0. The summed E-state index contributed by atoms with van der Waals surface area (Å²) in [5, 5.41) is 0.399. The van der Waals surface area contributed by atoms with E-state index in [1.54, 1.807) is 24.3 Å². The first kappa shape index (κ1) is 12.9. The van der Waals surface area contributed by atoms with Gasteiger partial charge in [-0.15, -0.1) is 0 Å². The van der Waals surface area contributed by atoms with Crippen LogP contribution in [0.2, 0.25) is 5.02 Å². The summed E-state index contributed by atoms with van der Waals surface area (Å²) >= 11 is 6.17. The van der Waals surface area contributed by atoms with E-state index in [4.69, 9.17) is 11.6 Å². The number of hydrogen-bond acceptors (Lipinski definition) is 2. The Kier molecular flexibility index (Phi) is 2.87. The van der Waals surface area contributed by atoms with Gasteiger partial charge in [-0.05, 0) is 43.7 Å². The maximum absolute atomic E-state index is 12.4. The van der Waals surface area contributed by atoms with E-state index in [0.717, 1.165) is 16.0 Å². The van der Waals surface area contributed by atoms with E-state index in [-0.39, 0.29) is 11.8 Å². The van der Waals surface area contributed by atoms with Gasteiger partial charge in [0.1, 0.15) is 0 Å².